The fourth-order valence-corrected chi connectivity index (χ4v) is 4.40. The maximum atomic E-state index is 12.6. The topological polar surface area (TPSA) is 46.9 Å². The van der Waals surface area contributed by atoms with E-state index < -0.39 is 0 Å². The van der Waals surface area contributed by atoms with Crippen LogP contribution in [-0.4, -0.2) is 15.5 Å². The number of rotatable bonds is 5. The highest BCUT2D eigenvalue weighted by molar-refractivity contribution is 6.35. The number of amides is 1. The van der Waals surface area contributed by atoms with Crippen molar-refractivity contribution in [3.8, 4) is 0 Å². The van der Waals surface area contributed by atoms with Gasteiger partial charge in [0.1, 0.15) is 5.82 Å². The Morgan fingerprint density at radius 3 is 2.68 bits per heavy atom. The highest BCUT2D eigenvalue weighted by atomic mass is 35.5. The number of hydrogen-bond acceptors (Lipinski definition) is 2. The standard InChI is InChI=1S/C22H23Cl2N3O/c23-17-11-10-16(18(24)12-17)14-27-20-9-5-4-8-19(20)26-21(27)13-25-22(28)15-6-2-1-3-7-15/h4-5,8-12,15H,1-3,6-7,13-14H2,(H,25,28). The summed E-state index contributed by atoms with van der Waals surface area (Å²) < 4.78 is 2.12. The monoisotopic (exact) mass is 415 g/mol. The zero-order chi connectivity index (χ0) is 19.5. The molecule has 1 aromatic heterocycles. The van der Waals surface area contributed by atoms with Gasteiger partial charge in [-0.1, -0.05) is 60.7 Å². The van der Waals surface area contributed by atoms with Gasteiger partial charge in [0, 0.05) is 16.0 Å². The van der Waals surface area contributed by atoms with Crippen molar-refractivity contribution in [1.82, 2.24) is 14.9 Å². The van der Waals surface area contributed by atoms with Crippen LogP contribution >= 0.6 is 23.2 Å². The van der Waals surface area contributed by atoms with Gasteiger partial charge in [0.2, 0.25) is 5.91 Å². The minimum absolute atomic E-state index is 0.136. The van der Waals surface area contributed by atoms with Gasteiger partial charge in [-0.25, -0.2) is 4.98 Å². The molecule has 1 heterocycles. The summed E-state index contributed by atoms with van der Waals surface area (Å²) in [6, 6.07) is 13.5. The first-order chi connectivity index (χ1) is 13.6. The first-order valence-electron chi connectivity index (χ1n) is 9.77. The summed E-state index contributed by atoms with van der Waals surface area (Å²) in [7, 11) is 0. The Hall–Kier alpha value is -2.04. The maximum absolute atomic E-state index is 12.6. The third-order valence-corrected chi connectivity index (χ3v) is 6.06. The second-order valence-electron chi connectivity index (χ2n) is 7.39. The largest absolute Gasteiger partial charge is 0.349 e. The summed E-state index contributed by atoms with van der Waals surface area (Å²) in [4.78, 5) is 17.3. The molecule has 6 heteroatoms. The summed E-state index contributed by atoms with van der Waals surface area (Å²) in [6.45, 7) is 0.986. The van der Waals surface area contributed by atoms with E-state index >= 15 is 0 Å². The zero-order valence-corrected chi connectivity index (χ0v) is 17.1. The molecule has 0 atom stereocenters. The number of benzene rings is 2. The summed E-state index contributed by atoms with van der Waals surface area (Å²) >= 11 is 12.4. The third kappa shape index (κ3) is 4.18. The van der Waals surface area contributed by atoms with E-state index in [0.29, 0.717) is 23.1 Å². The lowest BCUT2D eigenvalue weighted by molar-refractivity contribution is -0.126. The van der Waals surface area contributed by atoms with Crippen LogP contribution in [0.1, 0.15) is 43.5 Å². The van der Waals surface area contributed by atoms with E-state index in [1.54, 1.807) is 6.07 Å². The van der Waals surface area contributed by atoms with Crippen molar-refractivity contribution in [3.05, 3.63) is 63.9 Å². The normalized spacial score (nSPS) is 15.1. The predicted molar refractivity (Wildman–Crippen MR) is 114 cm³/mol. The van der Waals surface area contributed by atoms with Crippen LogP contribution in [0.15, 0.2) is 42.5 Å². The molecule has 146 valence electrons. The van der Waals surface area contributed by atoms with Crippen LogP contribution in [0, 0.1) is 5.92 Å². The first kappa shape index (κ1) is 19.3. The number of imidazole rings is 1. The van der Waals surface area contributed by atoms with Crippen molar-refractivity contribution in [2.45, 2.75) is 45.2 Å². The SMILES string of the molecule is O=C(NCc1nc2ccccc2n1Cc1ccc(Cl)cc1Cl)C1CCCCC1. The Kier molecular flexibility index (Phi) is 5.88. The molecule has 4 rings (SSSR count). The number of carbonyl (C=O) groups is 1. The molecule has 1 amide bonds. The fraction of sp³-hybridized carbons (Fsp3) is 0.364. The van der Waals surface area contributed by atoms with Crippen molar-refractivity contribution >= 4 is 40.1 Å². The van der Waals surface area contributed by atoms with Crippen LogP contribution in [0.2, 0.25) is 10.0 Å². The van der Waals surface area contributed by atoms with E-state index in [4.69, 9.17) is 28.2 Å². The van der Waals surface area contributed by atoms with Crippen LogP contribution < -0.4 is 5.32 Å². The van der Waals surface area contributed by atoms with Crippen molar-refractivity contribution in [2.75, 3.05) is 0 Å². The van der Waals surface area contributed by atoms with E-state index in [1.807, 2.05) is 36.4 Å². The molecule has 1 fully saturated rings. The molecule has 28 heavy (non-hydrogen) atoms. The molecule has 0 unspecified atom stereocenters. The number of fused-ring (bicyclic) bond motifs is 1. The lowest BCUT2D eigenvalue weighted by Crippen LogP contribution is -2.32. The fourth-order valence-electron chi connectivity index (χ4n) is 3.93. The molecule has 1 saturated carbocycles. The average molecular weight is 416 g/mol. The lowest BCUT2D eigenvalue weighted by Gasteiger charge is -2.20. The van der Waals surface area contributed by atoms with Gasteiger partial charge in [0.15, 0.2) is 0 Å². The molecule has 3 aromatic rings. The van der Waals surface area contributed by atoms with Crippen LogP contribution in [0.25, 0.3) is 11.0 Å². The number of nitrogens with one attached hydrogen (secondary N) is 1. The molecule has 2 aromatic carbocycles. The molecule has 0 radical (unpaired) electrons. The molecule has 0 aliphatic heterocycles. The van der Waals surface area contributed by atoms with Gasteiger partial charge in [0.25, 0.3) is 0 Å². The summed E-state index contributed by atoms with van der Waals surface area (Å²) in [5.41, 5.74) is 2.90. The minimum Gasteiger partial charge on any atom is -0.349 e. The van der Waals surface area contributed by atoms with E-state index in [9.17, 15) is 4.79 Å². The molecule has 1 N–H and O–H groups in total. The summed E-state index contributed by atoms with van der Waals surface area (Å²) in [6.07, 6.45) is 5.50. The summed E-state index contributed by atoms with van der Waals surface area (Å²) in [5, 5.41) is 4.35. The Morgan fingerprint density at radius 1 is 1.11 bits per heavy atom. The third-order valence-electron chi connectivity index (χ3n) is 5.47. The predicted octanol–water partition coefficient (Wildman–Crippen LogP) is 5.59. The first-order valence-corrected chi connectivity index (χ1v) is 10.5. The van der Waals surface area contributed by atoms with Crippen molar-refractivity contribution in [2.24, 2.45) is 5.92 Å². The van der Waals surface area contributed by atoms with E-state index in [1.165, 1.54) is 6.42 Å². The maximum Gasteiger partial charge on any atom is 0.223 e. The number of para-hydroxylation sites is 2. The molecule has 1 aliphatic rings. The molecular weight excluding hydrogens is 393 g/mol. The molecule has 4 nitrogen and oxygen atoms in total. The van der Waals surface area contributed by atoms with Crippen molar-refractivity contribution in [3.63, 3.8) is 0 Å². The number of hydrogen-bond donors (Lipinski definition) is 1. The van der Waals surface area contributed by atoms with Gasteiger partial charge in [0.05, 0.1) is 24.1 Å². The molecule has 1 aliphatic carbocycles. The molecule has 0 spiro atoms. The number of aromatic nitrogens is 2. The smallest absolute Gasteiger partial charge is 0.223 e. The Morgan fingerprint density at radius 2 is 1.89 bits per heavy atom. The van der Waals surface area contributed by atoms with Gasteiger partial charge in [-0.3, -0.25) is 4.79 Å². The van der Waals surface area contributed by atoms with Gasteiger partial charge >= 0.3 is 0 Å². The highest BCUT2D eigenvalue weighted by Gasteiger charge is 2.21. The number of carbonyl (C=O) groups excluding carboxylic acids is 1. The van der Waals surface area contributed by atoms with E-state index in [0.717, 1.165) is 48.1 Å². The van der Waals surface area contributed by atoms with Gasteiger partial charge in [-0.2, -0.15) is 0 Å². The van der Waals surface area contributed by atoms with E-state index in [-0.39, 0.29) is 11.8 Å². The van der Waals surface area contributed by atoms with Crippen molar-refractivity contribution < 1.29 is 4.79 Å². The van der Waals surface area contributed by atoms with E-state index in [2.05, 4.69) is 9.88 Å². The van der Waals surface area contributed by atoms with Gasteiger partial charge in [-0.05, 0) is 42.7 Å². The number of nitrogens with zero attached hydrogens (tertiary/aromatic N) is 2. The second kappa shape index (κ2) is 8.54. The van der Waals surface area contributed by atoms with Crippen LogP contribution in [0.4, 0.5) is 0 Å². The average Bonchev–Trinajstić information content (AvgIpc) is 3.06. The van der Waals surface area contributed by atoms with Crippen LogP contribution in [-0.2, 0) is 17.9 Å². The van der Waals surface area contributed by atoms with Crippen LogP contribution in [0.5, 0.6) is 0 Å². The van der Waals surface area contributed by atoms with Gasteiger partial charge < -0.3 is 9.88 Å². The quantitative estimate of drug-likeness (QED) is 0.590. The Balaban J connectivity index is 1.58. The lowest BCUT2D eigenvalue weighted by atomic mass is 9.89. The Bertz CT molecular complexity index is 993. The highest BCUT2D eigenvalue weighted by Crippen LogP contribution is 2.26. The summed E-state index contributed by atoms with van der Waals surface area (Å²) in [5.74, 6) is 1.11. The molecule has 0 saturated heterocycles. The van der Waals surface area contributed by atoms with Crippen LogP contribution in [0.3, 0.4) is 0 Å². The number of halogens is 2. The Labute approximate surface area is 174 Å². The zero-order valence-electron chi connectivity index (χ0n) is 15.6. The van der Waals surface area contributed by atoms with Crippen molar-refractivity contribution in [1.29, 1.82) is 0 Å². The second-order valence-corrected chi connectivity index (χ2v) is 8.23. The van der Waals surface area contributed by atoms with Gasteiger partial charge in [-0.15, -0.1) is 0 Å². The molecule has 0 bridgehead atoms. The minimum atomic E-state index is 0.136. The molecular formula is C22H23Cl2N3O.